The smallest absolute Gasteiger partial charge is 0.226 e. The number of ketones is 1. The highest BCUT2D eigenvalue weighted by molar-refractivity contribution is 6.31. The number of fused-ring (bicyclic) bond motifs is 1. The van der Waals surface area contributed by atoms with Gasteiger partial charge in [0, 0.05) is 22.6 Å². The number of carbonyl (C=O) groups excluding carboxylic acids is 2. The molecule has 0 fully saturated rings. The fraction of sp³-hybridized carbons (Fsp3) is 0.227. The molecular formula is C22H20ClN3O2. The third kappa shape index (κ3) is 3.02. The lowest BCUT2D eigenvalue weighted by Gasteiger charge is -2.23. The molecule has 0 spiro atoms. The van der Waals surface area contributed by atoms with Crippen LogP contribution < -0.4 is 5.32 Å². The van der Waals surface area contributed by atoms with Crippen molar-refractivity contribution < 1.29 is 9.59 Å². The summed E-state index contributed by atoms with van der Waals surface area (Å²) in [7, 11) is 0. The SMILES string of the molecule is Cc1ccc(C(=O)[C@@H]2CC(=O)Nc3c2c(C)nn3-c2cccc(Cl)c2C)cc1. The van der Waals surface area contributed by atoms with Crippen molar-refractivity contribution in [3.05, 3.63) is 75.4 Å². The number of hydrogen-bond acceptors (Lipinski definition) is 3. The number of halogens is 1. The third-order valence-corrected chi connectivity index (χ3v) is 5.63. The molecule has 1 N–H and O–H groups in total. The first kappa shape index (κ1) is 18.4. The van der Waals surface area contributed by atoms with E-state index in [1.807, 2.05) is 63.2 Å². The molecule has 0 aliphatic carbocycles. The van der Waals surface area contributed by atoms with Crippen LogP contribution >= 0.6 is 11.6 Å². The van der Waals surface area contributed by atoms with Gasteiger partial charge >= 0.3 is 0 Å². The number of amides is 1. The lowest BCUT2D eigenvalue weighted by molar-refractivity contribution is -0.116. The molecule has 142 valence electrons. The van der Waals surface area contributed by atoms with Crippen molar-refractivity contribution in [1.82, 2.24) is 9.78 Å². The number of rotatable bonds is 3. The molecule has 2 aromatic carbocycles. The number of aromatic nitrogens is 2. The van der Waals surface area contributed by atoms with Crippen molar-refractivity contribution in [2.45, 2.75) is 33.1 Å². The van der Waals surface area contributed by atoms with E-state index in [1.165, 1.54) is 0 Å². The first-order valence-electron chi connectivity index (χ1n) is 9.12. The van der Waals surface area contributed by atoms with Gasteiger partial charge in [-0.15, -0.1) is 0 Å². The van der Waals surface area contributed by atoms with E-state index in [0.717, 1.165) is 28.1 Å². The van der Waals surface area contributed by atoms with Crippen LogP contribution in [0.25, 0.3) is 5.69 Å². The van der Waals surface area contributed by atoms with Gasteiger partial charge in [0.15, 0.2) is 5.78 Å². The lowest BCUT2D eigenvalue weighted by atomic mass is 9.85. The Hall–Kier alpha value is -2.92. The third-order valence-electron chi connectivity index (χ3n) is 5.22. The number of benzene rings is 2. The number of hydrogen-bond donors (Lipinski definition) is 1. The van der Waals surface area contributed by atoms with Crippen molar-refractivity contribution in [2.75, 3.05) is 5.32 Å². The Labute approximate surface area is 168 Å². The van der Waals surface area contributed by atoms with Crippen LogP contribution in [-0.2, 0) is 4.79 Å². The number of Topliss-reactive ketones (excluding diaryl/α,β-unsaturated/α-hetero) is 1. The summed E-state index contributed by atoms with van der Waals surface area (Å²) < 4.78 is 1.68. The predicted molar refractivity (Wildman–Crippen MR) is 110 cm³/mol. The van der Waals surface area contributed by atoms with Crippen LogP contribution in [0.4, 0.5) is 5.82 Å². The van der Waals surface area contributed by atoms with Gasteiger partial charge < -0.3 is 5.32 Å². The maximum absolute atomic E-state index is 13.2. The Bertz CT molecular complexity index is 1100. The maximum atomic E-state index is 13.2. The normalized spacial score (nSPS) is 15.9. The monoisotopic (exact) mass is 393 g/mol. The quantitative estimate of drug-likeness (QED) is 0.652. The standard InChI is InChI=1S/C22H20ClN3O2/c1-12-7-9-15(10-8-12)21(28)16-11-19(27)24-22-20(16)14(3)25-26(22)18-6-4-5-17(23)13(18)2/h4-10,16H,11H2,1-3H3,(H,24,27)/t16-/m1/s1. The fourth-order valence-electron chi connectivity index (χ4n) is 3.69. The van der Waals surface area contributed by atoms with Crippen molar-refractivity contribution in [3.8, 4) is 5.69 Å². The summed E-state index contributed by atoms with van der Waals surface area (Å²) in [6.45, 7) is 5.74. The molecule has 0 saturated carbocycles. The van der Waals surface area contributed by atoms with Gasteiger partial charge in [-0.25, -0.2) is 4.68 Å². The number of anilines is 1. The zero-order valence-electron chi connectivity index (χ0n) is 15.9. The minimum absolute atomic E-state index is 0.0680. The molecule has 0 radical (unpaired) electrons. The van der Waals surface area contributed by atoms with Gasteiger partial charge in [0.05, 0.1) is 17.3 Å². The van der Waals surface area contributed by atoms with Crippen LogP contribution in [-0.4, -0.2) is 21.5 Å². The van der Waals surface area contributed by atoms with E-state index in [4.69, 9.17) is 11.6 Å². The largest absolute Gasteiger partial charge is 0.310 e. The minimum atomic E-state index is -0.556. The minimum Gasteiger partial charge on any atom is -0.310 e. The van der Waals surface area contributed by atoms with Crippen molar-refractivity contribution in [1.29, 1.82) is 0 Å². The number of nitrogens with one attached hydrogen (secondary N) is 1. The van der Waals surface area contributed by atoms with E-state index in [1.54, 1.807) is 4.68 Å². The summed E-state index contributed by atoms with van der Waals surface area (Å²) in [4.78, 5) is 25.6. The highest BCUT2D eigenvalue weighted by Crippen LogP contribution is 2.39. The maximum Gasteiger partial charge on any atom is 0.226 e. The van der Waals surface area contributed by atoms with Crippen LogP contribution in [0, 0.1) is 20.8 Å². The first-order valence-corrected chi connectivity index (χ1v) is 9.50. The second kappa shape index (κ2) is 6.91. The number of carbonyl (C=O) groups is 2. The van der Waals surface area contributed by atoms with E-state index in [0.29, 0.717) is 16.4 Å². The molecule has 3 aromatic rings. The molecule has 1 aliphatic heterocycles. The predicted octanol–water partition coefficient (Wildman–Crippen LogP) is 4.76. The zero-order chi connectivity index (χ0) is 20.0. The summed E-state index contributed by atoms with van der Waals surface area (Å²) in [6.07, 6.45) is 0.112. The summed E-state index contributed by atoms with van der Waals surface area (Å²) in [6, 6.07) is 13.0. The Morgan fingerprint density at radius 2 is 1.86 bits per heavy atom. The van der Waals surface area contributed by atoms with Gasteiger partial charge in [0.25, 0.3) is 0 Å². The highest BCUT2D eigenvalue weighted by Gasteiger charge is 2.36. The summed E-state index contributed by atoms with van der Waals surface area (Å²) in [5.41, 5.74) is 4.81. The van der Waals surface area contributed by atoms with Crippen LogP contribution in [0.2, 0.25) is 5.02 Å². The van der Waals surface area contributed by atoms with E-state index < -0.39 is 5.92 Å². The molecule has 0 saturated heterocycles. The van der Waals surface area contributed by atoms with Gasteiger partial charge in [-0.2, -0.15) is 5.10 Å². The molecule has 5 nitrogen and oxygen atoms in total. The van der Waals surface area contributed by atoms with Crippen LogP contribution in [0.15, 0.2) is 42.5 Å². The molecular weight excluding hydrogens is 374 g/mol. The molecule has 1 amide bonds. The Morgan fingerprint density at radius 3 is 2.57 bits per heavy atom. The van der Waals surface area contributed by atoms with Crippen LogP contribution in [0.3, 0.4) is 0 Å². The molecule has 0 unspecified atom stereocenters. The van der Waals surface area contributed by atoms with Gasteiger partial charge in [-0.1, -0.05) is 47.5 Å². The Balaban J connectivity index is 1.84. The van der Waals surface area contributed by atoms with Gasteiger partial charge in [0.1, 0.15) is 5.82 Å². The average molecular weight is 394 g/mol. The molecule has 1 aromatic heterocycles. The number of aryl methyl sites for hydroxylation is 2. The van der Waals surface area contributed by atoms with E-state index in [2.05, 4.69) is 10.4 Å². The lowest BCUT2D eigenvalue weighted by Crippen LogP contribution is -2.28. The molecule has 1 atom stereocenters. The van der Waals surface area contributed by atoms with Crippen LogP contribution in [0.1, 0.15) is 45.1 Å². The first-order chi connectivity index (χ1) is 13.4. The Kier molecular flexibility index (Phi) is 4.55. The Morgan fingerprint density at radius 1 is 1.14 bits per heavy atom. The van der Waals surface area contributed by atoms with Gasteiger partial charge in [-0.05, 0) is 38.5 Å². The van der Waals surface area contributed by atoms with E-state index in [-0.39, 0.29) is 18.1 Å². The molecule has 2 heterocycles. The summed E-state index contributed by atoms with van der Waals surface area (Å²) in [5, 5.41) is 8.16. The molecule has 1 aliphatic rings. The fourth-order valence-corrected chi connectivity index (χ4v) is 3.86. The van der Waals surface area contributed by atoms with Crippen LogP contribution in [0.5, 0.6) is 0 Å². The molecule has 6 heteroatoms. The zero-order valence-corrected chi connectivity index (χ0v) is 16.7. The molecule has 28 heavy (non-hydrogen) atoms. The molecule has 4 rings (SSSR count). The van der Waals surface area contributed by atoms with E-state index >= 15 is 0 Å². The summed E-state index contributed by atoms with van der Waals surface area (Å²) >= 11 is 6.27. The topological polar surface area (TPSA) is 64.0 Å². The highest BCUT2D eigenvalue weighted by atomic mass is 35.5. The second-order valence-electron chi connectivity index (χ2n) is 7.18. The average Bonchev–Trinajstić information content (AvgIpc) is 2.99. The van der Waals surface area contributed by atoms with Crippen molar-refractivity contribution in [2.24, 2.45) is 0 Å². The molecule has 0 bridgehead atoms. The van der Waals surface area contributed by atoms with Gasteiger partial charge in [-0.3, -0.25) is 9.59 Å². The summed E-state index contributed by atoms with van der Waals surface area (Å²) in [5.74, 6) is -0.273. The van der Waals surface area contributed by atoms with Crippen molar-refractivity contribution >= 4 is 29.1 Å². The van der Waals surface area contributed by atoms with E-state index in [9.17, 15) is 9.59 Å². The second-order valence-corrected chi connectivity index (χ2v) is 7.59. The van der Waals surface area contributed by atoms with Crippen molar-refractivity contribution in [3.63, 3.8) is 0 Å². The van der Waals surface area contributed by atoms with Gasteiger partial charge in [0.2, 0.25) is 5.91 Å². The number of nitrogens with zero attached hydrogens (tertiary/aromatic N) is 2.